The number of carboxylic acid groups (broad SMARTS) is 1. The van der Waals surface area contributed by atoms with Crippen molar-refractivity contribution in [3.05, 3.63) is 24.3 Å². The summed E-state index contributed by atoms with van der Waals surface area (Å²) in [6, 6.07) is 0. The second kappa shape index (κ2) is 12.8. The molecule has 0 aromatic rings. The molecule has 1 aliphatic carbocycles. The number of Topliss-reactive ketones (excluding diaryl/α,β-unsaturated/α-hetero) is 1. The normalized spacial score (nSPS) is 24.7. The topological polar surface area (TPSA) is 94.8 Å². The van der Waals surface area contributed by atoms with Gasteiger partial charge in [0.05, 0.1) is 12.2 Å². The monoisotopic (exact) mass is 366 g/mol. The van der Waals surface area contributed by atoms with Gasteiger partial charge in [0.1, 0.15) is 5.78 Å². The van der Waals surface area contributed by atoms with Gasteiger partial charge in [0.15, 0.2) is 0 Å². The fourth-order valence-electron chi connectivity index (χ4n) is 3.38. The molecule has 26 heavy (non-hydrogen) atoms. The maximum atomic E-state index is 12.1. The van der Waals surface area contributed by atoms with E-state index in [4.69, 9.17) is 5.11 Å². The number of aliphatic hydroxyl groups is 2. The smallest absolute Gasteiger partial charge is 0.303 e. The molecule has 3 N–H and O–H groups in total. The SMILES string of the molecule is CCCCCC(O)/C=C/[C@H]1C(=O)CC(O)C1C/C=C\CCCCC(=O)O. The molecule has 0 saturated heterocycles. The summed E-state index contributed by atoms with van der Waals surface area (Å²) < 4.78 is 0. The molecule has 5 nitrogen and oxygen atoms in total. The van der Waals surface area contributed by atoms with Crippen molar-refractivity contribution in [1.29, 1.82) is 0 Å². The number of ketones is 1. The molecule has 0 aromatic carbocycles. The molecule has 4 atom stereocenters. The van der Waals surface area contributed by atoms with Crippen molar-refractivity contribution in [1.82, 2.24) is 0 Å². The van der Waals surface area contributed by atoms with Gasteiger partial charge in [-0.15, -0.1) is 0 Å². The number of aliphatic hydroxyl groups excluding tert-OH is 2. The zero-order valence-corrected chi connectivity index (χ0v) is 15.8. The third-order valence-electron chi connectivity index (χ3n) is 4.97. The molecule has 1 fully saturated rings. The van der Waals surface area contributed by atoms with Crippen LogP contribution in [-0.4, -0.2) is 39.3 Å². The first-order valence-corrected chi connectivity index (χ1v) is 9.89. The molecular weight excluding hydrogens is 332 g/mol. The van der Waals surface area contributed by atoms with Gasteiger partial charge in [-0.05, 0) is 32.1 Å². The maximum absolute atomic E-state index is 12.1. The van der Waals surface area contributed by atoms with E-state index in [9.17, 15) is 19.8 Å². The van der Waals surface area contributed by atoms with E-state index in [1.165, 1.54) is 0 Å². The van der Waals surface area contributed by atoms with Crippen LogP contribution in [0.5, 0.6) is 0 Å². The van der Waals surface area contributed by atoms with Crippen LogP contribution in [-0.2, 0) is 9.59 Å². The number of aliphatic carboxylic acids is 1. The minimum Gasteiger partial charge on any atom is -0.481 e. The minimum atomic E-state index is -0.770. The molecule has 5 heteroatoms. The summed E-state index contributed by atoms with van der Waals surface area (Å²) in [5, 5.41) is 28.7. The molecule has 148 valence electrons. The predicted octanol–water partition coefficient (Wildman–Crippen LogP) is 3.64. The van der Waals surface area contributed by atoms with Gasteiger partial charge >= 0.3 is 5.97 Å². The van der Waals surface area contributed by atoms with E-state index >= 15 is 0 Å². The predicted molar refractivity (Wildman–Crippen MR) is 102 cm³/mol. The summed E-state index contributed by atoms with van der Waals surface area (Å²) in [6.45, 7) is 2.12. The first-order valence-electron chi connectivity index (χ1n) is 9.89. The minimum absolute atomic E-state index is 0.0365. The third-order valence-corrected chi connectivity index (χ3v) is 4.97. The highest BCUT2D eigenvalue weighted by atomic mass is 16.4. The fourth-order valence-corrected chi connectivity index (χ4v) is 3.38. The summed E-state index contributed by atoms with van der Waals surface area (Å²) in [5.74, 6) is -1.21. The number of carbonyl (C=O) groups is 2. The van der Waals surface area contributed by atoms with Crippen molar-refractivity contribution in [3.63, 3.8) is 0 Å². The van der Waals surface area contributed by atoms with Crippen LogP contribution >= 0.6 is 0 Å². The molecule has 0 amide bonds. The molecule has 0 aliphatic heterocycles. The van der Waals surface area contributed by atoms with Gasteiger partial charge < -0.3 is 15.3 Å². The van der Waals surface area contributed by atoms with Gasteiger partial charge in [0, 0.05) is 24.7 Å². The van der Waals surface area contributed by atoms with Gasteiger partial charge in [-0.3, -0.25) is 9.59 Å². The van der Waals surface area contributed by atoms with Crippen LogP contribution in [0, 0.1) is 11.8 Å². The standard InChI is InChI=1S/C21H34O5/c1-2-3-7-10-16(22)13-14-18-17(19(23)15-20(18)24)11-8-5-4-6-9-12-21(25)26/h5,8,13-14,16-19,22-23H,2-4,6-7,9-12,15H2,1H3,(H,25,26)/b8-5-,14-13+/t16?,17?,18-,19?/m1/s1. The first-order chi connectivity index (χ1) is 12.5. The van der Waals surface area contributed by atoms with Gasteiger partial charge in [-0.2, -0.15) is 0 Å². The number of hydrogen-bond donors (Lipinski definition) is 3. The van der Waals surface area contributed by atoms with Crippen LogP contribution in [0.4, 0.5) is 0 Å². The Labute approximate surface area is 156 Å². The van der Waals surface area contributed by atoms with Gasteiger partial charge in [0.2, 0.25) is 0 Å². The quantitative estimate of drug-likeness (QED) is 0.342. The summed E-state index contributed by atoms with van der Waals surface area (Å²) in [6.07, 6.45) is 13.4. The number of unbranched alkanes of at least 4 members (excludes halogenated alkanes) is 4. The first kappa shape index (κ1) is 22.6. The lowest BCUT2D eigenvalue weighted by atomic mass is 9.90. The molecule has 1 aliphatic rings. The van der Waals surface area contributed by atoms with Gasteiger partial charge in [-0.1, -0.05) is 50.5 Å². The molecule has 0 aromatic heterocycles. The van der Waals surface area contributed by atoms with Crippen molar-refractivity contribution in [2.75, 3.05) is 0 Å². The van der Waals surface area contributed by atoms with E-state index < -0.39 is 18.2 Å². The largest absolute Gasteiger partial charge is 0.481 e. The zero-order valence-electron chi connectivity index (χ0n) is 15.8. The van der Waals surface area contributed by atoms with Crippen LogP contribution in [0.25, 0.3) is 0 Å². The fraction of sp³-hybridized carbons (Fsp3) is 0.714. The van der Waals surface area contributed by atoms with Crippen molar-refractivity contribution in [2.24, 2.45) is 11.8 Å². The van der Waals surface area contributed by atoms with Crippen molar-refractivity contribution < 1.29 is 24.9 Å². The molecule has 0 heterocycles. The molecule has 0 radical (unpaired) electrons. The average molecular weight is 366 g/mol. The number of carbonyl (C=O) groups excluding carboxylic acids is 1. The summed E-state index contributed by atoms with van der Waals surface area (Å²) in [7, 11) is 0. The molecular formula is C21H34O5. The lowest BCUT2D eigenvalue weighted by Crippen LogP contribution is -2.19. The zero-order chi connectivity index (χ0) is 19.4. The highest BCUT2D eigenvalue weighted by Crippen LogP contribution is 2.33. The second-order valence-corrected chi connectivity index (χ2v) is 7.22. The third kappa shape index (κ3) is 8.77. The van der Waals surface area contributed by atoms with E-state index in [0.717, 1.165) is 32.1 Å². The number of rotatable bonds is 13. The highest BCUT2D eigenvalue weighted by Gasteiger charge is 2.39. The lowest BCUT2D eigenvalue weighted by molar-refractivity contribution is -0.137. The van der Waals surface area contributed by atoms with E-state index in [1.54, 1.807) is 12.2 Å². The molecule has 0 bridgehead atoms. The van der Waals surface area contributed by atoms with Crippen LogP contribution in [0.2, 0.25) is 0 Å². The van der Waals surface area contributed by atoms with E-state index in [-0.39, 0.29) is 30.5 Å². The van der Waals surface area contributed by atoms with Gasteiger partial charge in [-0.25, -0.2) is 0 Å². The Balaban J connectivity index is 2.43. The Kier molecular flexibility index (Phi) is 11.1. The summed E-state index contributed by atoms with van der Waals surface area (Å²) in [5.41, 5.74) is 0. The Morgan fingerprint density at radius 1 is 1.23 bits per heavy atom. The highest BCUT2D eigenvalue weighted by molar-refractivity contribution is 5.86. The average Bonchev–Trinajstić information content (AvgIpc) is 2.85. The van der Waals surface area contributed by atoms with Crippen LogP contribution in [0.3, 0.4) is 0 Å². The number of carboxylic acids is 1. The maximum Gasteiger partial charge on any atom is 0.303 e. The molecule has 3 unspecified atom stereocenters. The summed E-state index contributed by atoms with van der Waals surface area (Å²) in [4.78, 5) is 22.6. The Morgan fingerprint density at radius 3 is 2.69 bits per heavy atom. The summed E-state index contributed by atoms with van der Waals surface area (Å²) >= 11 is 0. The van der Waals surface area contributed by atoms with E-state index in [0.29, 0.717) is 19.3 Å². The van der Waals surface area contributed by atoms with Crippen LogP contribution in [0.15, 0.2) is 24.3 Å². The van der Waals surface area contributed by atoms with E-state index in [2.05, 4.69) is 6.92 Å². The molecule has 1 rings (SSSR count). The van der Waals surface area contributed by atoms with Crippen molar-refractivity contribution >= 4 is 11.8 Å². The van der Waals surface area contributed by atoms with Crippen LogP contribution < -0.4 is 0 Å². The molecule has 1 saturated carbocycles. The Bertz CT molecular complexity index is 483. The number of hydrogen-bond acceptors (Lipinski definition) is 4. The Hall–Kier alpha value is -1.46. The number of allylic oxidation sites excluding steroid dienone is 3. The van der Waals surface area contributed by atoms with Crippen LogP contribution in [0.1, 0.15) is 71.1 Å². The second-order valence-electron chi connectivity index (χ2n) is 7.22. The van der Waals surface area contributed by atoms with E-state index in [1.807, 2.05) is 12.2 Å². The van der Waals surface area contributed by atoms with Crippen molar-refractivity contribution in [3.8, 4) is 0 Å². The molecule has 0 spiro atoms. The van der Waals surface area contributed by atoms with Gasteiger partial charge in [0.25, 0.3) is 0 Å². The Morgan fingerprint density at radius 2 is 2.00 bits per heavy atom. The van der Waals surface area contributed by atoms with Crippen molar-refractivity contribution in [2.45, 2.75) is 83.3 Å². The lowest BCUT2D eigenvalue weighted by Gasteiger charge is -2.17.